The summed E-state index contributed by atoms with van der Waals surface area (Å²) in [6.07, 6.45) is 0. The summed E-state index contributed by atoms with van der Waals surface area (Å²) in [7, 11) is 0. The zero-order valence-electron chi connectivity index (χ0n) is 9.01. The van der Waals surface area contributed by atoms with Crippen molar-refractivity contribution in [3.8, 4) is 5.75 Å². The van der Waals surface area contributed by atoms with Gasteiger partial charge in [0.1, 0.15) is 17.0 Å². The van der Waals surface area contributed by atoms with Crippen molar-refractivity contribution in [3.05, 3.63) is 24.0 Å². The number of benzene rings is 1. The lowest BCUT2D eigenvalue weighted by Gasteiger charge is -2.08. The van der Waals surface area contributed by atoms with Gasteiger partial charge in [-0.1, -0.05) is 17.8 Å². The fraction of sp³-hybridized carbons (Fsp3) is 0.100. The molecule has 0 atom stereocenters. The number of thioether (sulfide) groups is 1. The molecule has 18 heavy (non-hydrogen) atoms. The number of amides is 1. The van der Waals surface area contributed by atoms with E-state index in [0.717, 1.165) is 17.3 Å². The zero-order chi connectivity index (χ0) is 11.8. The molecule has 94 valence electrons. The molecule has 0 unspecified atom stereocenters. The Labute approximate surface area is 112 Å². The number of carbonyl (C=O) groups is 1. The van der Waals surface area contributed by atoms with E-state index in [4.69, 9.17) is 0 Å². The minimum atomic E-state index is -0.173. The van der Waals surface area contributed by atoms with Crippen LogP contribution in [0.1, 0.15) is 5.82 Å². The van der Waals surface area contributed by atoms with Gasteiger partial charge < -0.3 is 10.1 Å². The summed E-state index contributed by atoms with van der Waals surface area (Å²) in [5.74, 6) is 1.15. The molecular formula is C10H9ClN4O2S. The van der Waals surface area contributed by atoms with Crippen LogP contribution in [0.15, 0.2) is 23.3 Å². The molecule has 3 N–H and O–H groups in total. The predicted octanol–water partition coefficient (Wildman–Crippen LogP) is 1.85. The van der Waals surface area contributed by atoms with E-state index in [1.54, 1.807) is 12.1 Å². The first-order valence-corrected chi connectivity index (χ1v) is 5.90. The third-order valence-corrected chi connectivity index (χ3v) is 3.16. The summed E-state index contributed by atoms with van der Waals surface area (Å²) in [6.45, 7) is 0. The van der Waals surface area contributed by atoms with Gasteiger partial charge in [-0.15, -0.1) is 12.4 Å². The quantitative estimate of drug-likeness (QED) is 0.745. The van der Waals surface area contributed by atoms with Crippen molar-refractivity contribution < 1.29 is 9.90 Å². The molecule has 0 radical (unpaired) electrons. The van der Waals surface area contributed by atoms with E-state index in [1.165, 1.54) is 0 Å². The Morgan fingerprint density at radius 3 is 2.89 bits per heavy atom. The average Bonchev–Trinajstić information content (AvgIpc) is 2.75. The number of hydrogen-bond donors (Lipinski definition) is 3. The maximum absolute atomic E-state index is 10.9. The lowest BCUT2D eigenvalue weighted by atomic mass is 10.3. The van der Waals surface area contributed by atoms with Gasteiger partial charge in [0.25, 0.3) is 5.24 Å². The number of hydrazone groups is 1. The van der Waals surface area contributed by atoms with Gasteiger partial charge in [-0.2, -0.15) is 5.10 Å². The number of hydrogen-bond acceptors (Lipinski definition) is 5. The molecule has 0 spiro atoms. The number of nitrogens with one attached hydrogen (secondary N) is 2. The molecule has 0 fully saturated rings. The molecule has 1 aromatic heterocycles. The largest absolute Gasteiger partial charge is 0.506 e. The molecule has 0 aliphatic carbocycles. The molecule has 1 aliphatic heterocycles. The summed E-state index contributed by atoms with van der Waals surface area (Å²) in [6, 6.07) is 5.13. The van der Waals surface area contributed by atoms with E-state index in [1.807, 2.05) is 6.07 Å². The lowest BCUT2D eigenvalue weighted by molar-refractivity contribution is 0.261. The van der Waals surface area contributed by atoms with Gasteiger partial charge in [0.05, 0.1) is 11.3 Å². The molecule has 6 nitrogen and oxygen atoms in total. The van der Waals surface area contributed by atoms with Crippen LogP contribution < -0.4 is 5.43 Å². The van der Waals surface area contributed by atoms with E-state index < -0.39 is 0 Å². The number of nitrogens with zero attached hydrogens (tertiary/aromatic N) is 2. The molecule has 1 aliphatic rings. The third kappa shape index (κ3) is 2.14. The second-order valence-corrected chi connectivity index (χ2v) is 4.45. The van der Waals surface area contributed by atoms with Gasteiger partial charge in [-0.3, -0.25) is 4.79 Å². The van der Waals surface area contributed by atoms with Crippen molar-refractivity contribution in [2.75, 3.05) is 5.75 Å². The van der Waals surface area contributed by atoms with E-state index >= 15 is 0 Å². The number of rotatable bonds is 1. The highest BCUT2D eigenvalue weighted by Gasteiger charge is 2.17. The highest BCUT2D eigenvalue weighted by Crippen LogP contribution is 2.22. The van der Waals surface area contributed by atoms with E-state index in [2.05, 4.69) is 20.5 Å². The number of phenols is 1. The Morgan fingerprint density at radius 2 is 2.22 bits per heavy atom. The van der Waals surface area contributed by atoms with Gasteiger partial charge in [-0.05, 0) is 12.1 Å². The van der Waals surface area contributed by atoms with Gasteiger partial charge in [0.2, 0.25) is 0 Å². The van der Waals surface area contributed by atoms with Gasteiger partial charge in [-0.25, -0.2) is 10.4 Å². The third-order valence-electron chi connectivity index (χ3n) is 2.39. The van der Waals surface area contributed by atoms with Crippen LogP contribution >= 0.6 is 24.2 Å². The maximum atomic E-state index is 10.9. The summed E-state index contributed by atoms with van der Waals surface area (Å²) >= 11 is 1.13. The minimum absolute atomic E-state index is 0. The van der Waals surface area contributed by atoms with Crippen LogP contribution in [0.5, 0.6) is 5.75 Å². The van der Waals surface area contributed by atoms with Gasteiger partial charge >= 0.3 is 0 Å². The summed E-state index contributed by atoms with van der Waals surface area (Å²) in [5, 5.41) is 13.4. The molecule has 2 aromatic rings. The minimum Gasteiger partial charge on any atom is -0.506 e. The van der Waals surface area contributed by atoms with Crippen LogP contribution in [0.4, 0.5) is 4.79 Å². The highest BCUT2D eigenvalue weighted by atomic mass is 35.5. The number of carbonyl (C=O) groups excluding carboxylic acids is 1. The second-order valence-electron chi connectivity index (χ2n) is 3.51. The van der Waals surface area contributed by atoms with Gasteiger partial charge in [0.15, 0.2) is 5.82 Å². The highest BCUT2D eigenvalue weighted by molar-refractivity contribution is 8.14. The number of para-hydroxylation sites is 1. The maximum Gasteiger partial charge on any atom is 0.299 e. The molecule has 8 heteroatoms. The number of imidazole rings is 1. The summed E-state index contributed by atoms with van der Waals surface area (Å²) < 4.78 is 0. The topological polar surface area (TPSA) is 90.4 Å². The van der Waals surface area contributed by atoms with Crippen LogP contribution in [0, 0.1) is 0 Å². The molecule has 1 aromatic carbocycles. The fourth-order valence-corrected chi connectivity index (χ4v) is 2.17. The number of aromatic hydroxyl groups is 1. The summed E-state index contributed by atoms with van der Waals surface area (Å²) in [5.41, 5.74) is 4.28. The predicted molar refractivity (Wildman–Crippen MR) is 72.5 cm³/mol. The Balaban J connectivity index is 0.00000120. The molecule has 2 heterocycles. The van der Waals surface area contributed by atoms with Crippen LogP contribution in [-0.4, -0.2) is 31.8 Å². The van der Waals surface area contributed by atoms with Crippen LogP contribution in [0.25, 0.3) is 11.0 Å². The SMILES string of the molecule is Cl.O=C1NN=C(c2nc3c(O)cccc3[nH]2)CS1. The van der Waals surface area contributed by atoms with E-state index in [0.29, 0.717) is 22.8 Å². The van der Waals surface area contributed by atoms with Crippen LogP contribution in [0.2, 0.25) is 0 Å². The number of H-pyrrole nitrogens is 1. The monoisotopic (exact) mass is 284 g/mol. The van der Waals surface area contributed by atoms with Crippen molar-refractivity contribution in [1.29, 1.82) is 0 Å². The Bertz CT molecular complexity index is 640. The van der Waals surface area contributed by atoms with Gasteiger partial charge in [0, 0.05) is 0 Å². The number of aromatic nitrogens is 2. The Kier molecular flexibility index (Phi) is 3.44. The Morgan fingerprint density at radius 1 is 1.39 bits per heavy atom. The van der Waals surface area contributed by atoms with Crippen molar-refractivity contribution in [2.45, 2.75) is 0 Å². The molecule has 3 rings (SSSR count). The lowest BCUT2D eigenvalue weighted by Crippen LogP contribution is -2.24. The second kappa shape index (κ2) is 4.87. The normalized spacial score (nSPS) is 14.9. The number of phenolic OH excluding ortho intramolecular Hbond substituents is 1. The first kappa shape index (κ1) is 12.7. The van der Waals surface area contributed by atoms with E-state index in [9.17, 15) is 9.90 Å². The molecular weight excluding hydrogens is 276 g/mol. The number of halogens is 1. The molecule has 0 saturated heterocycles. The first-order valence-electron chi connectivity index (χ1n) is 4.91. The first-order chi connectivity index (χ1) is 8.24. The molecule has 0 saturated carbocycles. The summed E-state index contributed by atoms with van der Waals surface area (Å²) in [4.78, 5) is 18.3. The van der Waals surface area contributed by atoms with Crippen LogP contribution in [-0.2, 0) is 0 Å². The fourth-order valence-electron chi connectivity index (χ4n) is 1.59. The van der Waals surface area contributed by atoms with Crippen molar-refractivity contribution in [3.63, 3.8) is 0 Å². The van der Waals surface area contributed by atoms with Crippen LogP contribution in [0.3, 0.4) is 0 Å². The van der Waals surface area contributed by atoms with Crippen molar-refractivity contribution in [1.82, 2.24) is 15.4 Å². The zero-order valence-corrected chi connectivity index (χ0v) is 10.6. The Hall–Kier alpha value is -1.73. The number of aromatic amines is 1. The molecule has 1 amide bonds. The smallest absolute Gasteiger partial charge is 0.299 e. The average molecular weight is 285 g/mol. The van der Waals surface area contributed by atoms with E-state index in [-0.39, 0.29) is 23.4 Å². The van der Waals surface area contributed by atoms with Crippen molar-refractivity contribution >= 4 is 46.2 Å². The van der Waals surface area contributed by atoms with Crippen molar-refractivity contribution in [2.24, 2.45) is 5.10 Å². The number of fused-ring (bicyclic) bond motifs is 1. The molecule has 0 bridgehead atoms. The standard InChI is InChI=1S/C10H8N4O2S.ClH/c15-7-3-1-2-5-8(7)12-9(11-5)6-4-17-10(16)14-13-6;/h1-3,15H,4H2,(H,11,12)(H,14,16);1H.